The molecule has 2 amide bonds. The highest BCUT2D eigenvalue weighted by Crippen LogP contribution is 2.38. The van der Waals surface area contributed by atoms with E-state index in [4.69, 9.17) is 40.8 Å². The Bertz CT molecular complexity index is 3830. The van der Waals surface area contributed by atoms with Gasteiger partial charge in [0.15, 0.2) is 0 Å². The molecule has 0 fully saturated rings. The number of ether oxygens (including phenoxy) is 2. The monoisotopic (exact) mass is 1280 g/mol. The van der Waals surface area contributed by atoms with E-state index >= 15 is 0 Å². The summed E-state index contributed by atoms with van der Waals surface area (Å²) in [6.45, 7) is 28.2. The number of amides is 2. The fraction of sp³-hybridized carbons (Fsp3) is 0.477. The molecule has 0 aliphatic carbocycles. The van der Waals surface area contributed by atoms with Crippen LogP contribution in [0.4, 0.5) is 26.9 Å². The Morgan fingerprint density at radius 1 is 0.626 bits per heavy atom. The first kappa shape index (κ1) is 69.9. The first-order valence-electron chi connectivity index (χ1n) is 29.9. The molecule has 2 aliphatic rings. The van der Waals surface area contributed by atoms with Gasteiger partial charge in [0.1, 0.15) is 11.2 Å². The number of ketones is 2. The van der Waals surface area contributed by atoms with Crippen molar-refractivity contribution in [1.29, 1.82) is 0 Å². The molecule has 3 N–H and O–H groups in total. The van der Waals surface area contributed by atoms with Gasteiger partial charge >= 0.3 is 12.2 Å². The number of carbonyl (C=O) groups is 4. The Hall–Kier alpha value is -8.58. The third-order valence-electron chi connectivity index (χ3n) is 14.8. The molecular weight excluding hydrogens is 1200 g/mol. The molecule has 8 aromatic rings. The second-order valence-electron chi connectivity index (χ2n) is 26.4. The van der Waals surface area contributed by atoms with Crippen molar-refractivity contribution in [3.05, 3.63) is 136 Å². The van der Waals surface area contributed by atoms with E-state index in [1.807, 2.05) is 153 Å². The number of aromatic nitrogens is 12. The Morgan fingerprint density at radius 3 is 1.44 bits per heavy atom. The normalized spacial score (nSPS) is 15.0. The lowest BCUT2D eigenvalue weighted by Crippen LogP contribution is -2.36. The lowest BCUT2D eigenvalue weighted by molar-refractivity contribution is 0.0224. The summed E-state index contributed by atoms with van der Waals surface area (Å²) >= 11 is 9.54. The van der Waals surface area contributed by atoms with Gasteiger partial charge in [0.25, 0.3) is 0 Å². The van der Waals surface area contributed by atoms with Gasteiger partial charge in [-0.25, -0.2) is 29.5 Å². The highest BCUT2D eigenvalue weighted by atomic mass is 35.5. The Kier molecular flexibility index (Phi) is 22.4. The fourth-order valence-corrected chi connectivity index (χ4v) is 9.89. The Balaban J connectivity index is 0.000000227. The molecule has 8 heterocycles. The minimum atomic E-state index is -0.635. The van der Waals surface area contributed by atoms with E-state index in [0.717, 1.165) is 56.1 Å². The zero-order valence-electron chi connectivity index (χ0n) is 55.2. The van der Waals surface area contributed by atoms with Crippen LogP contribution in [0, 0.1) is 13.8 Å². The summed E-state index contributed by atoms with van der Waals surface area (Å²) in [4.78, 5) is 82.2. The molecule has 486 valence electrons. The van der Waals surface area contributed by atoms with Crippen molar-refractivity contribution >= 4 is 65.3 Å². The number of carbonyl (C=O) groups excluding carboxylic acids is 4. The maximum atomic E-state index is 13.4. The van der Waals surface area contributed by atoms with E-state index in [2.05, 4.69) is 63.4 Å². The standard InChI is InChI=1S/C32H40N8O4.C27H32ClN5O4.C5H9N3.CH4S/c1-19-25(17-34-39(19)8)36-29-33-13-11-24(35-29)21-9-10-23-20(16-26(41)27-37-28(44-38-27)31(2,3)4)12-14-40(18-22(23)15-21)30(42)43-32(5,6)7;1-26(2,3)23-31-22(32-37-23)21(34)14-16-10-12-33(25(35)36-27(4,5)6)15-18-13-17(7-8-19(16)18)20-9-11-29-24(28)30-20;1-4-5(6)3-7-8(4)2;1-2/h9-11,13,15,17,20H,12,14,16,18H2,1-8H3,(H,33,35,36);7-9,11,13,16H,10,12,14-15H2,1-6H3;3H,6H2,1-2H3;2H,1H3/t20-;16-;;/m00../s1. The summed E-state index contributed by atoms with van der Waals surface area (Å²) in [6.07, 6.45) is 9.13. The van der Waals surface area contributed by atoms with E-state index in [0.29, 0.717) is 68.1 Å². The first-order chi connectivity index (χ1) is 42.7. The van der Waals surface area contributed by atoms with Crippen LogP contribution in [0.5, 0.6) is 0 Å². The number of Topliss-reactive ketones (excluding diaryl/α,β-unsaturated/α-hetero) is 2. The molecule has 24 nitrogen and oxygen atoms in total. The smallest absolute Gasteiger partial charge is 0.410 e. The van der Waals surface area contributed by atoms with Crippen molar-refractivity contribution in [2.75, 3.05) is 30.4 Å². The van der Waals surface area contributed by atoms with Gasteiger partial charge in [-0.1, -0.05) is 76.1 Å². The van der Waals surface area contributed by atoms with Gasteiger partial charge in [0.2, 0.25) is 46.2 Å². The highest BCUT2D eigenvalue weighted by Gasteiger charge is 2.34. The minimum absolute atomic E-state index is 0.0752. The Labute approximate surface area is 542 Å². The van der Waals surface area contributed by atoms with Crippen LogP contribution in [0.25, 0.3) is 22.5 Å². The van der Waals surface area contributed by atoms with Crippen LogP contribution in [0.3, 0.4) is 0 Å². The van der Waals surface area contributed by atoms with E-state index in [1.165, 1.54) is 0 Å². The number of nitrogens with two attached hydrogens (primary N) is 1. The molecule has 2 atom stereocenters. The predicted molar refractivity (Wildman–Crippen MR) is 350 cm³/mol. The summed E-state index contributed by atoms with van der Waals surface area (Å²) in [6, 6.07) is 15.6. The van der Waals surface area contributed by atoms with Gasteiger partial charge in [0.05, 0.1) is 46.5 Å². The van der Waals surface area contributed by atoms with Crippen LogP contribution in [-0.2, 0) is 47.5 Å². The molecule has 10 rings (SSSR count). The van der Waals surface area contributed by atoms with Crippen LogP contribution in [0.15, 0.2) is 82.4 Å². The molecule has 0 spiro atoms. The van der Waals surface area contributed by atoms with Crippen LogP contribution in [0.2, 0.25) is 5.28 Å². The van der Waals surface area contributed by atoms with E-state index < -0.39 is 23.4 Å². The van der Waals surface area contributed by atoms with E-state index in [9.17, 15) is 19.2 Å². The number of fused-ring (bicyclic) bond motifs is 2. The van der Waals surface area contributed by atoms with Crippen molar-refractivity contribution in [3.8, 4) is 22.5 Å². The maximum absolute atomic E-state index is 13.4. The van der Waals surface area contributed by atoms with Gasteiger partial charge in [-0.2, -0.15) is 32.8 Å². The number of nitrogen functional groups attached to an aromatic ring is 1. The molecule has 0 saturated carbocycles. The number of halogens is 1. The van der Waals surface area contributed by atoms with Crippen molar-refractivity contribution < 1.29 is 37.7 Å². The van der Waals surface area contributed by atoms with Crippen molar-refractivity contribution in [1.82, 2.24) is 69.6 Å². The number of thiol groups is 1. The molecule has 2 aromatic carbocycles. The molecule has 0 radical (unpaired) electrons. The van der Waals surface area contributed by atoms with Gasteiger partial charge in [-0.3, -0.25) is 19.0 Å². The quantitative estimate of drug-likeness (QED) is 0.0651. The van der Waals surface area contributed by atoms with Crippen LogP contribution in [-0.4, -0.2) is 124 Å². The number of anilines is 3. The average Bonchev–Trinajstić information content (AvgIpc) is 1.99. The van der Waals surface area contributed by atoms with Gasteiger partial charge in [-0.15, -0.1) is 0 Å². The van der Waals surface area contributed by atoms with Gasteiger partial charge < -0.3 is 39.4 Å². The summed E-state index contributed by atoms with van der Waals surface area (Å²) in [5.41, 5.74) is 13.9. The summed E-state index contributed by atoms with van der Waals surface area (Å²) < 4.78 is 25.6. The molecule has 91 heavy (non-hydrogen) atoms. The number of hydrogen-bond acceptors (Lipinski definition) is 21. The second kappa shape index (κ2) is 29.1. The molecule has 0 unspecified atom stereocenters. The lowest BCUT2D eigenvalue weighted by atomic mass is 9.87. The van der Waals surface area contributed by atoms with Gasteiger partial charge in [0, 0.05) is 87.5 Å². The first-order valence-corrected chi connectivity index (χ1v) is 31.2. The summed E-state index contributed by atoms with van der Waals surface area (Å²) in [7, 11) is 3.74. The summed E-state index contributed by atoms with van der Waals surface area (Å²) in [5, 5.41) is 19.5. The molecule has 6 aromatic heterocycles. The number of aryl methyl sites for hydroxylation is 2. The maximum Gasteiger partial charge on any atom is 0.410 e. The van der Waals surface area contributed by atoms with Crippen molar-refractivity contribution in [2.24, 2.45) is 14.1 Å². The SMILES string of the molecule is CC(C)(C)OC(=O)N1CC[C@@H](CC(=O)c2noc(C(C)(C)C)n2)c2ccc(-c3ccnc(Cl)n3)cc2C1.CS.Cc1c(N)cnn1C.Cc1c(Nc2nccc(-c3ccc4c(c3)CN(C(=O)OC(C)(C)C)CC[C@H]4CC(=O)c3noc(C(C)(C)C)n3)n2)cnn1C. The zero-order valence-corrected chi connectivity index (χ0v) is 56.8. The average molecular weight is 1290 g/mol. The molecule has 0 saturated heterocycles. The Morgan fingerprint density at radius 2 is 1.07 bits per heavy atom. The van der Waals surface area contributed by atoms with E-state index in [-0.39, 0.29) is 64.0 Å². The van der Waals surface area contributed by atoms with E-state index in [1.54, 1.807) is 56.3 Å². The molecule has 0 bridgehead atoms. The van der Waals surface area contributed by atoms with Gasteiger partial charge in [-0.05, 0) is 144 Å². The molecular formula is C65H85ClN16O8S. The second-order valence-corrected chi connectivity index (χ2v) is 26.7. The minimum Gasteiger partial charge on any atom is -0.444 e. The number of benzene rings is 2. The number of rotatable bonds is 10. The van der Waals surface area contributed by atoms with Crippen LogP contribution in [0.1, 0.15) is 187 Å². The van der Waals surface area contributed by atoms with Crippen LogP contribution >= 0.6 is 24.2 Å². The third kappa shape index (κ3) is 18.8. The van der Waals surface area contributed by atoms with Crippen LogP contribution < -0.4 is 11.1 Å². The molecule has 2 aliphatic heterocycles. The number of nitrogens with zero attached hydrogens (tertiary/aromatic N) is 14. The highest BCUT2D eigenvalue weighted by molar-refractivity contribution is 7.79. The number of hydrogen-bond donors (Lipinski definition) is 3. The third-order valence-corrected chi connectivity index (χ3v) is 15.0. The summed E-state index contributed by atoms with van der Waals surface area (Å²) in [5.74, 6) is 0.725. The largest absolute Gasteiger partial charge is 0.444 e. The predicted octanol–water partition coefficient (Wildman–Crippen LogP) is 12.9. The van der Waals surface area contributed by atoms with Crippen molar-refractivity contribution in [2.45, 2.75) is 170 Å². The number of nitrogens with one attached hydrogen (secondary N) is 1. The lowest BCUT2D eigenvalue weighted by Gasteiger charge is -2.26. The zero-order chi connectivity index (χ0) is 66.9. The fourth-order valence-electron chi connectivity index (χ4n) is 9.74. The van der Waals surface area contributed by atoms with Crippen molar-refractivity contribution in [3.63, 3.8) is 0 Å². The topological polar surface area (TPSA) is 296 Å². The molecule has 26 heteroatoms.